The minimum Gasteiger partial charge on any atom is -0.444 e. The van der Waals surface area contributed by atoms with Crippen LogP contribution >= 0.6 is 0 Å². The Labute approximate surface area is 83.1 Å². The Morgan fingerprint density at radius 1 is 1.43 bits per heavy atom. The molecule has 1 N–H and O–H groups in total. The number of carbonyl (C=O) groups excluding carboxylic acids is 2. The second-order valence-electron chi connectivity index (χ2n) is 3.51. The first-order chi connectivity index (χ1) is 6.35. The predicted octanol–water partition coefficient (Wildman–Crippen LogP) is 1.20. The second kappa shape index (κ2) is 5.26. The first kappa shape index (κ1) is 12.5. The summed E-state index contributed by atoms with van der Waals surface area (Å²) in [5, 5.41) is 2.24. The van der Waals surface area contributed by atoms with Crippen molar-refractivity contribution in [1.29, 1.82) is 0 Å². The molecule has 0 aliphatic heterocycles. The highest BCUT2D eigenvalue weighted by Crippen LogP contribution is 2.05. The molecule has 0 atom stereocenters. The fourth-order valence-corrected chi connectivity index (χ4v) is 0.593. The van der Waals surface area contributed by atoms with Crippen LogP contribution in [0, 0.1) is 0 Å². The van der Waals surface area contributed by atoms with Gasteiger partial charge >= 0.3 is 12.1 Å². The van der Waals surface area contributed by atoms with Crippen molar-refractivity contribution in [2.45, 2.75) is 26.4 Å². The lowest BCUT2D eigenvalue weighted by Gasteiger charge is -2.19. The van der Waals surface area contributed by atoms with Crippen LogP contribution in [0.25, 0.3) is 0 Å². The fraction of sp³-hybridized carbons (Fsp3) is 0.556. The highest BCUT2D eigenvalue weighted by Gasteiger charge is 2.16. The minimum atomic E-state index is -0.654. The van der Waals surface area contributed by atoms with Crippen LogP contribution in [0.15, 0.2) is 12.8 Å². The maximum atomic E-state index is 11.0. The summed E-state index contributed by atoms with van der Waals surface area (Å²) < 4.78 is 9.26. The lowest BCUT2D eigenvalue weighted by atomic mass is 10.2. The number of hydrogen-bond donors (Lipinski definition) is 1. The SMILES string of the molecule is C=COC(=O)CNC(=O)OC(C)(C)C. The van der Waals surface area contributed by atoms with Crippen molar-refractivity contribution in [1.82, 2.24) is 5.32 Å². The molecular formula is C9H15NO4. The molecule has 0 radical (unpaired) electrons. The number of alkyl carbamates (subject to hydrolysis) is 1. The molecule has 0 saturated carbocycles. The van der Waals surface area contributed by atoms with Crippen LogP contribution in [-0.2, 0) is 14.3 Å². The predicted molar refractivity (Wildman–Crippen MR) is 50.5 cm³/mol. The molecule has 0 fully saturated rings. The van der Waals surface area contributed by atoms with Gasteiger partial charge in [-0.25, -0.2) is 9.59 Å². The number of ether oxygens (including phenoxy) is 2. The van der Waals surface area contributed by atoms with Crippen LogP contribution in [0.4, 0.5) is 4.79 Å². The summed E-state index contributed by atoms with van der Waals surface area (Å²) in [5.74, 6) is -0.592. The van der Waals surface area contributed by atoms with Gasteiger partial charge in [-0.1, -0.05) is 6.58 Å². The molecule has 0 unspecified atom stereocenters. The lowest BCUT2D eigenvalue weighted by molar-refractivity contribution is -0.136. The summed E-state index contributed by atoms with van der Waals surface area (Å²) in [4.78, 5) is 21.7. The van der Waals surface area contributed by atoms with E-state index in [1.807, 2.05) is 0 Å². The van der Waals surface area contributed by atoms with Gasteiger partial charge < -0.3 is 14.8 Å². The van der Waals surface area contributed by atoms with Gasteiger partial charge in [-0.3, -0.25) is 0 Å². The molecule has 80 valence electrons. The molecule has 5 nitrogen and oxygen atoms in total. The summed E-state index contributed by atoms with van der Waals surface area (Å²) in [6.45, 7) is 8.16. The lowest BCUT2D eigenvalue weighted by Crippen LogP contribution is -2.35. The van der Waals surface area contributed by atoms with Gasteiger partial charge in [0.25, 0.3) is 0 Å². The Kier molecular flexibility index (Phi) is 4.69. The normalized spacial score (nSPS) is 10.2. The van der Waals surface area contributed by atoms with Crippen LogP contribution < -0.4 is 5.32 Å². The van der Waals surface area contributed by atoms with Crippen molar-refractivity contribution < 1.29 is 19.1 Å². The molecule has 0 bridgehead atoms. The van der Waals surface area contributed by atoms with E-state index >= 15 is 0 Å². The third-order valence-corrected chi connectivity index (χ3v) is 0.991. The van der Waals surface area contributed by atoms with Crippen LogP contribution in [0.5, 0.6) is 0 Å². The molecule has 5 heteroatoms. The molecule has 14 heavy (non-hydrogen) atoms. The van der Waals surface area contributed by atoms with Crippen molar-refractivity contribution in [2.75, 3.05) is 6.54 Å². The summed E-state index contributed by atoms with van der Waals surface area (Å²) in [7, 11) is 0. The topological polar surface area (TPSA) is 64.6 Å². The Morgan fingerprint density at radius 2 is 2.00 bits per heavy atom. The van der Waals surface area contributed by atoms with Crippen LogP contribution in [0.3, 0.4) is 0 Å². The van der Waals surface area contributed by atoms with Crippen molar-refractivity contribution in [3.8, 4) is 0 Å². The highest BCUT2D eigenvalue weighted by molar-refractivity contribution is 5.78. The number of carbonyl (C=O) groups is 2. The third kappa shape index (κ3) is 7.15. The monoisotopic (exact) mass is 201 g/mol. The van der Waals surface area contributed by atoms with Crippen LogP contribution in [0.1, 0.15) is 20.8 Å². The highest BCUT2D eigenvalue weighted by atomic mass is 16.6. The van der Waals surface area contributed by atoms with Crippen molar-refractivity contribution in [2.24, 2.45) is 0 Å². The second-order valence-corrected chi connectivity index (χ2v) is 3.51. The van der Waals surface area contributed by atoms with Gasteiger partial charge in [0, 0.05) is 0 Å². The van der Waals surface area contributed by atoms with Crippen molar-refractivity contribution in [3.05, 3.63) is 12.8 Å². The zero-order valence-corrected chi connectivity index (χ0v) is 8.62. The molecule has 0 aromatic carbocycles. The van der Waals surface area contributed by atoms with E-state index in [-0.39, 0.29) is 6.54 Å². The molecule has 0 rings (SSSR count). The maximum Gasteiger partial charge on any atom is 0.408 e. The Morgan fingerprint density at radius 3 is 2.43 bits per heavy atom. The third-order valence-electron chi connectivity index (χ3n) is 0.991. The van der Waals surface area contributed by atoms with E-state index in [2.05, 4.69) is 16.6 Å². The zero-order valence-electron chi connectivity index (χ0n) is 8.62. The molecule has 1 amide bonds. The average Bonchev–Trinajstić information content (AvgIpc) is 1.98. The fourth-order valence-electron chi connectivity index (χ4n) is 0.593. The summed E-state index contributed by atoms with van der Waals surface area (Å²) >= 11 is 0. The number of hydrogen-bond acceptors (Lipinski definition) is 4. The standard InChI is InChI=1S/C9H15NO4/c1-5-13-7(11)6-10-8(12)14-9(2,3)4/h5H,1,6H2,2-4H3,(H,10,12). The van der Waals surface area contributed by atoms with E-state index < -0.39 is 17.7 Å². The smallest absolute Gasteiger partial charge is 0.408 e. The van der Waals surface area contributed by atoms with E-state index in [4.69, 9.17) is 4.74 Å². The molecule has 0 aliphatic rings. The molecule has 0 heterocycles. The van der Waals surface area contributed by atoms with Gasteiger partial charge in [-0.15, -0.1) is 0 Å². The summed E-state index contributed by atoms with van der Waals surface area (Å²) in [6.07, 6.45) is 0.345. The number of esters is 1. The molecule has 0 saturated heterocycles. The Hall–Kier alpha value is -1.52. The van der Waals surface area contributed by atoms with Gasteiger partial charge in [0.2, 0.25) is 0 Å². The number of nitrogens with one attached hydrogen (secondary N) is 1. The average molecular weight is 201 g/mol. The molecule has 0 spiro atoms. The van der Waals surface area contributed by atoms with Gasteiger partial charge in [0.15, 0.2) is 0 Å². The Balaban J connectivity index is 3.75. The molecule has 0 aromatic rings. The van der Waals surface area contributed by atoms with Gasteiger partial charge in [-0.05, 0) is 20.8 Å². The van der Waals surface area contributed by atoms with E-state index in [1.54, 1.807) is 20.8 Å². The number of rotatable bonds is 3. The first-order valence-corrected chi connectivity index (χ1v) is 4.12. The molecule has 0 aromatic heterocycles. The van der Waals surface area contributed by atoms with Crippen molar-refractivity contribution in [3.63, 3.8) is 0 Å². The van der Waals surface area contributed by atoms with Crippen molar-refractivity contribution >= 4 is 12.1 Å². The van der Waals surface area contributed by atoms with Crippen LogP contribution in [0.2, 0.25) is 0 Å². The summed E-state index contributed by atoms with van der Waals surface area (Å²) in [5.41, 5.74) is -0.577. The van der Waals surface area contributed by atoms with E-state index in [1.165, 1.54) is 0 Å². The van der Waals surface area contributed by atoms with Crippen LogP contribution in [-0.4, -0.2) is 24.2 Å². The zero-order chi connectivity index (χ0) is 11.2. The first-order valence-electron chi connectivity index (χ1n) is 4.12. The Bertz CT molecular complexity index is 229. The quantitative estimate of drug-likeness (QED) is 0.550. The molecular weight excluding hydrogens is 186 g/mol. The summed E-state index contributed by atoms with van der Waals surface area (Å²) in [6, 6.07) is 0. The largest absolute Gasteiger partial charge is 0.444 e. The van der Waals surface area contributed by atoms with E-state index in [9.17, 15) is 9.59 Å². The maximum absolute atomic E-state index is 11.0. The van der Waals surface area contributed by atoms with E-state index in [0.29, 0.717) is 0 Å². The van der Waals surface area contributed by atoms with Gasteiger partial charge in [0.05, 0.1) is 6.26 Å². The van der Waals surface area contributed by atoms with E-state index in [0.717, 1.165) is 6.26 Å². The minimum absolute atomic E-state index is 0.235. The van der Waals surface area contributed by atoms with Gasteiger partial charge in [-0.2, -0.15) is 0 Å². The molecule has 0 aliphatic carbocycles. The number of amides is 1. The van der Waals surface area contributed by atoms with Gasteiger partial charge in [0.1, 0.15) is 12.1 Å².